The Hall–Kier alpha value is -1.20. The van der Waals surface area contributed by atoms with Crippen molar-refractivity contribution in [2.24, 2.45) is 0 Å². The predicted octanol–water partition coefficient (Wildman–Crippen LogP) is 4.65. The summed E-state index contributed by atoms with van der Waals surface area (Å²) in [7, 11) is 0. The van der Waals surface area contributed by atoms with E-state index < -0.39 is 11.6 Å². The normalized spacial score (nSPS) is 10.4. The first kappa shape index (κ1) is 13.2. The van der Waals surface area contributed by atoms with Crippen LogP contribution in [0.2, 0.25) is 0 Å². The molecule has 0 saturated heterocycles. The molecule has 0 saturated carbocycles. The maximum Gasteiger partial charge on any atom is 0.201 e. The summed E-state index contributed by atoms with van der Waals surface area (Å²) in [5, 5.41) is 0. The monoisotopic (exact) mass is 333 g/mol. The van der Waals surface area contributed by atoms with E-state index in [4.69, 9.17) is 16.3 Å². The molecule has 0 radical (unpaired) electrons. The van der Waals surface area contributed by atoms with Crippen LogP contribution in [0.1, 0.15) is 5.69 Å². The molecule has 6 heteroatoms. The van der Waals surface area contributed by atoms with Crippen molar-refractivity contribution in [2.75, 3.05) is 0 Å². The van der Waals surface area contributed by atoms with Gasteiger partial charge in [0, 0.05) is 16.7 Å². The number of hydrogen-bond acceptors (Lipinski definition) is 2. The minimum atomic E-state index is -1.04. The molecule has 1 aromatic heterocycles. The first-order valence-corrected chi connectivity index (χ1v) is 6.26. The van der Waals surface area contributed by atoms with E-state index in [-0.39, 0.29) is 11.6 Å². The molecule has 94 valence electrons. The topological polar surface area (TPSA) is 22.1 Å². The Morgan fingerprint density at radius 1 is 1.28 bits per heavy atom. The molecular weight excluding hydrogens is 327 g/mol. The van der Waals surface area contributed by atoms with Gasteiger partial charge in [-0.2, -0.15) is 4.39 Å². The van der Waals surface area contributed by atoms with Crippen molar-refractivity contribution in [3.63, 3.8) is 0 Å². The molecule has 2 nitrogen and oxygen atoms in total. The Balaban J connectivity index is 2.33. The highest BCUT2D eigenvalue weighted by atomic mass is 79.9. The molecule has 0 aliphatic carbocycles. The number of pyridine rings is 1. The van der Waals surface area contributed by atoms with Gasteiger partial charge in [0.05, 0.1) is 11.6 Å². The standard InChI is InChI=1S/C12H7BrClF2NO/c13-7-3-10(15)12(16)11(4-7)18-9-1-2-17-8(5-9)6-14/h1-5H,6H2. The lowest BCUT2D eigenvalue weighted by molar-refractivity contribution is 0.415. The van der Waals surface area contributed by atoms with Crippen molar-refractivity contribution in [3.8, 4) is 11.5 Å². The van der Waals surface area contributed by atoms with Crippen molar-refractivity contribution in [3.05, 3.63) is 52.3 Å². The van der Waals surface area contributed by atoms with Crippen LogP contribution in [0.3, 0.4) is 0 Å². The number of halogens is 4. The van der Waals surface area contributed by atoms with E-state index >= 15 is 0 Å². The molecule has 0 N–H and O–H groups in total. The Kier molecular flexibility index (Phi) is 4.14. The molecule has 0 atom stereocenters. The zero-order valence-electron chi connectivity index (χ0n) is 8.96. The lowest BCUT2D eigenvalue weighted by Gasteiger charge is -2.08. The highest BCUT2D eigenvalue weighted by Crippen LogP contribution is 2.29. The van der Waals surface area contributed by atoms with E-state index in [1.807, 2.05) is 0 Å². The van der Waals surface area contributed by atoms with Crippen LogP contribution < -0.4 is 4.74 Å². The lowest BCUT2D eigenvalue weighted by atomic mass is 10.3. The van der Waals surface area contributed by atoms with Gasteiger partial charge in [-0.15, -0.1) is 11.6 Å². The van der Waals surface area contributed by atoms with Crippen LogP contribution >= 0.6 is 27.5 Å². The van der Waals surface area contributed by atoms with Gasteiger partial charge >= 0.3 is 0 Å². The average Bonchev–Trinajstić information content (AvgIpc) is 2.35. The second-order valence-corrected chi connectivity index (χ2v) is 4.60. The fraction of sp³-hybridized carbons (Fsp3) is 0.0833. The smallest absolute Gasteiger partial charge is 0.201 e. The van der Waals surface area contributed by atoms with Gasteiger partial charge in [0.25, 0.3) is 0 Å². The largest absolute Gasteiger partial charge is 0.454 e. The van der Waals surface area contributed by atoms with Gasteiger partial charge in [-0.05, 0) is 18.2 Å². The fourth-order valence-electron chi connectivity index (χ4n) is 1.33. The Labute approximate surface area is 116 Å². The predicted molar refractivity (Wildman–Crippen MR) is 67.9 cm³/mol. The number of aromatic nitrogens is 1. The van der Waals surface area contributed by atoms with Crippen LogP contribution in [0.4, 0.5) is 8.78 Å². The molecule has 0 aliphatic rings. The van der Waals surface area contributed by atoms with Gasteiger partial charge in [0.2, 0.25) is 5.82 Å². The Morgan fingerprint density at radius 2 is 2.06 bits per heavy atom. The van der Waals surface area contributed by atoms with E-state index in [1.165, 1.54) is 18.3 Å². The Bertz CT molecular complexity index is 580. The number of nitrogens with zero attached hydrogens (tertiary/aromatic N) is 1. The fourth-order valence-corrected chi connectivity index (χ4v) is 1.88. The van der Waals surface area contributed by atoms with Crippen LogP contribution in [0.15, 0.2) is 34.9 Å². The first-order chi connectivity index (χ1) is 8.60. The Morgan fingerprint density at radius 3 is 2.78 bits per heavy atom. The van der Waals surface area contributed by atoms with E-state index in [0.29, 0.717) is 15.9 Å². The van der Waals surface area contributed by atoms with Crippen LogP contribution in [0.25, 0.3) is 0 Å². The van der Waals surface area contributed by atoms with Crippen molar-refractivity contribution < 1.29 is 13.5 Å². The van der Waals surface area contributed by atoms with Crippen LogP contribution in [0, 0.1) is 11.6 Å². The summed E-state index contributed by atoms with van der Waals surface area (Å²) in [6.07, 6.45) is 1.49. The molecule has 0 fully saturated rings. The maximum absolute atomic E-state index is 13.5. The van der Waals surface area contributed by atoms with E-state index in [2.05, 4.69) is 20.9 Å². The minimum absolute atomic E-state index is 0.200. The second kappa shape index (κ2) is 5.63. The summed E-state index contributed by atoms with van der Waals surface area (Å²) < 4.78 is 32.3. The van der Waals surface area contributed by atoms with E-state index in [1.54, 1.807) is 6.07 Å². The molecule has 1 aromatic carbocycles. The molecule has 2 aromatic rings. The number of ether oxygens (including phenoxy) is 1. The average molecular weight is 335 g/mol. The molecule has 0 aliphatic heterocycles. The molecule has 2 rings (SSSR count). The minimum Gasteiger partial charge on any atom is -0.454 e. The summed E-state index contributed by atoms with van der Waals surface area (Å²) in [4.78, 5) is 3.97. The quantitative estimate of drug-likeness (QED) is 0.602. The zero-order valence-corrected chi connectivity index (χ0v) is 11.3. The number of benzene rings is 1. The highest BCUT2D eigenvalue weighted by molar-refractivity contribution is 9.10. The van der Waals surface area contributed by atoms with Gasteiger partial charge < -0.3 is 4.74 Å². The lowest BCUT2D eigenvalue weighted by Crippen LogP contribution is -1.93. The third-order valence-electron chi connectivity index (χ3n) is 2.11. The van der Waals surface area contributed by atoms with Crippen LogP contribution in [-0.4, -0.2) is 4.98 Å². The SMILES string of the molecule is Fc1cc(Br)cc(Oc2ccnc(CCl)c2)c1F. The van der Waals surface area contributed by atoms with Gasteiger partial charge in [-0.25, -0.2) is 4.39 Å². The third-order valence-corrected chi connectivity index (χ3v) is 2.84. The van der Waals surface area contributed by atoms with Crippen molar-refractivity contribution in [2.45, 2.75) is 5.88 Å². The molecule has 1 heterocycles. The molecule has 18 heavy (non-hydrogen) atoms. The van der Waals surface area contributed by atoms with Gasteiger partial charge in [0.15, 0.2) is 11.6 Å². The number of alkyl halides is 1. The summed E-state index contributed by atoms with van der Waals surface area (Å²) in [6.45, 7) is 0. The van der Waals surface area contributed by atoms with Crippen molar-refractivity contribution >= 4 is 27.5 Å². The summed E-state index contributed by atoms with van der Waals surface area (Å²) >= 11 is 8.69. The molecule has 0 spiro atoms. The third kappa shape index (κ3) is 2.97. The number of hydrogen-bond donors (Lipinski definition) is 0. The number of rotatable bonds is 3. The molecular formula is C12H7BrClF2NO. The molecule has 0 unspecified atom stereocenters. The highest BCUT2D eigenvalue weighted by Gasteiger charge is 2.12. The molecule has 0 bridgehead atoms. The van der Waals surface area contributed by atoms with Gasteiger partial charge in [-0.3, -0.25) is 4.98 Å². The van der Waals surface area contributed by atoms with Crippen molar-refractivity contribution in [1.82, 2.24) is 4.98 Å². The van der Waals surface area contributed by atoms with Gasteiger partial charge in [0.1, 0.15) is 5.75 Å². The zero-order chi connectivity index (χ0) is 13.1. The second-order valence-electron chi connectivity index (χ2n) is 3.42. The maximum atomic E-state index is 13.5. The van der Waals surface area contributed by atoms with Crippen LogP contribution in [-0.2, 0) is 5.88 Å². The summed E-state index contributed by atoms with van der Waals surface area (Å²) in [5.74, 6) is -1.66. The molecule has 0 amide bonds. The summed E-state index contributed by atoms with van der Waals surface area (Å²) in [6, 6.07) is 5.47. The van der Waals surface area contributed by atoms with Crippen LogP contribution in [0.5, 0.6) is 11.5 Å². The van der Waals surface area contributed by atoms with Crippen molar-refractivity contribution in [1.29, 1.82) is 0 Å². The summed E-state index contributed by atoms with van der Waals surface area (Å²) in [5.41, 5.74) is 0.588. The van der Waals surface area contributed by atoms with Gasteiger partial charge in [-0.1, -0.05) is 15.9 Å². The first-order valence-electron chi connectivity index (χ1n) is 4.93. The van der Waals surface area contributed by atoms with E-state index in [9.17, 15) is 8.78 Å². The van der Waals surface area contributed by atoms with E-state index in [0.717, 1.165) is 6.07 Å².